The Labute approximate surface area is 223 Å². The van der Waals surface area contributed by atoms with Gasteiger partial charge in [0, 0.05) is 36.5 Å². The second-order valence-corrected chi connectivity index (χ2v) is 10.4. The summed E-state index contributed by atoms with van der Waals surface area (Å²) < 4.78 is 45.7. The molecule has 4 rings (SSSR count). The van der Waals surface area contributed by atoms with Gasteiger partial charge in [0.15, 0.2) is 0 Å². The van der Waals surface area contributed by atoms with Gasteiger partial charge in [0.2, 0.25) is 0 Å². The summed E-state index contributed by atoms with van der Waals surface area (Å²) in [5, 5.41) is 2.87. The highest BCUT2D eigenvalue weighted by molar-refractivity contribution is 7.92. The molecule has 0 unspecified atom stereocenters. The summed E-state index contributed by atoms with van der Waals surface area (Å²) in [5.41, 5.74) is 2.95. The number of benzene rings is 3. The lowest BCUT2D eigenvalue weighted by atomic mass is 10.1. The maximum Gasteiger partial charge on any atom is 0.261 e. The van der Waals surface area contributed by atoms with E-state index in [1.54, 1.807) is 24.3 Å². The zero-order valence-corrected chi connectivity index (χ0v) is 22.6. The van der Waals surface area contributed by atoms with Gasteiger partial charge in [-0.2, -0.15) is 0 Å². The highest BCUT2D eigenvalue weighted by Gasteiger charge is 2.22. The zero-order chi connectivity index (χ0) is 27.1. The summed E-state index contributed by atoms with van der Waals surface area (Å²) in [5.74, 6) is 0.641. The average molecular weight is 540 g/mol. The van der Waals surface area contributed by atoms with Crippen LogP contribution in [0.25, 0.3) is 0 Å². The number of aryl methyl sites for hydroxylation is 1. The van der Waals surface area contributed by atoms with E-state index in [1.165, 1.54) is 18.2 Å². The van der Waals surface area contributed by atoms with Crippen LogP contribution in [-0.4, -0.2) is 53.8 Å². The van der Waals surface area contributed by atoms with Crippen LogP contribution >= 0.6 is 0 Å². The largest absolute Gasteiger partial charge is 0.492 e. The normalized spacial score (nSPS) is 13.6. The van der Waals surface area contributed by atoms with Crippen LogP contribution in [0.5, 0.6) is 11.5 Å². The molecule has 1 heterocycles. The van der Waals surface area contributed by atoms with Crippen molar-refractivity contribution in [3.05, 3.63) is 71.8 Å². The van der Waals surface area contributed by atoms with Gasteiger partial charge in [-0.3, -0.25) is 9.52 Å². The Bertz CT molecular complexity index is 1370. The van der Waals surface area contributed by atoms with Gasteiger partial charge in [0.05, 0.1) is 42.7 Å². The fourth-order valence-corrected chi connectivity index (χ4v) is 5.18. The summed E-state index contributed by atoms with van der Waals surface area (Å²) in [4.78, 5) is 15.4. The molecule has 3 aromatic carbocycles. The van der Waals surface area contributed by atoms with Crippen molar-refractivity contribution in [2.75, 3.05) is 54.5 Å². The molecule has 0 atom stereocenters. The summed E-state index contributed by atoms with van der Waals surface area (Å²) in [6.07, 6.45) is 0. The van der Waals surface area contributed by atoms with Gasteiger partial charge in [-0.15, -0.1) is 0 Å². The molecule has 1 aliphatic rings. The highest BCUT2D eigenvalue weighted by atomic mass is 32.2. The van der Waals surface area contributed by atoms with Crippen molar-refractivity contribution in [2.24, 2.45) is 0 Å². The van der Waals surface area contributed by atoms with Crippen LogP contribution in [0, 0.1) is 6.92 Å². The van der Waals surface area contributed by atoms with Crippen LogP contribution in [0.15, 0.2) is 65.6 Å². The van der Waals surface area contributed by atoms with Gasteiger partial charge >= 0.3 is 0 Å². The second kappa shape index (κ2) is 12.2. The van der Waals surface area contributed by atoms with Gasteiger partial charge in [0.25, 0.3) is 15.9 Å². The minimum absolute atomic E-state index is 0.0200. The van der Waals surface area contributed by atoms with Gasteiger partial charge < -0.3 is 24.4 Å². The van der Waals surface area contributed by atoms with E-state index >= 15 is 0 Å². The fraction of sp³-hybridized carbons (Fsp3) is 0.321. The molecule has 1 aliphatic heterocycles. The number of morpholine rings is 1. The molecule has 9 nitrogen and oxygen atoms in total. The lowest BCUT2D eigenvalue weighted by Gasteiger charge is -2.31. The van der Waals surface area contributed by atoms with Crippen molar-refractivity contribution >= 4 is 33.0 Å². The number of nitrogens with one attached hydrogen (secondary N) is 2. The van der Waals surface area contributed by atoms with Gasteiger partial charge in [-0.25, -0.2) is 8.42 Å². The van der Waals surface area contributed by atoms with Crippen LogP contribution in [0.4, 0.5) is 17.1 Å². The Hall–Kier alpha value is -3.76. The lowest BCUT2D eigenvalue weighted by molar-refractivity contribution is 0.102. The number of anilines is 3. The lowest BCUT2D eigenvalue weighted by Crippen LogP contribution is -2.36. The molecule has 38 heavy (non-hydrogen) atoms. The van der Waals surface area contributed by atoms with E-state index in [-0.39, 0.29) is 10.5 Å². The highest BCUT2D eigenvalue weighted by Crippen LogP contribution is 2.39. The predicted octanol–water partition coefficient (Wildman–Crippen LogP) is 4.68. The first-order valence-corrected chi connectivity index (χ1v) is 14.1. The van der Waals surface area contributed by atoms with E-state index in [9.17, 15) is 13.2 Å². The van der Waals surface area contributed by atoms with Crippen molar-refractivity contribution in [3.8, 4) is 11.5 Å². The molecular weight excluding hydrogens is 506 g/mol. The average Bonchev–Trinajstić information content (AvgIpc) is 2.92. The van der Waals surface area contributed by atoms with Crippen LogP contribution in [0.3, 0.4) is 0 Å². The summed E-state index contributed by atoms with van der Waals surface area (Å²) >= 11 is 0. The molecule has 0 radical (unpaired) electrons. The predicted molar refractivity (Wildman–Crippen MR) is 148 cm³/mol. The van der Waals surface area contributed by atoms with E-state index < -0.39 is 15.9 Å². The van der Waals surface area contributed by atoms with E-state index in [0.29, 0.717) is 49.3 Å². The molecule has 1 amide bonds. The maximum atomic E-state index is 13.3. The summed E-state index contributed by atoms with van der Waals surface area (Å²) in [6, 6.07) is 16.5. The van der Waals surface area contributed by atoms with Crippen LogP contribution < -0.4 is 24.4 Å². The summed E-state index contributed by atoms with van der Waals surface area (Å²) in [6.45, 7) is 9.21. The van der Waals surface area contributed by atoms with Crippen LogP contribution in [0.1, 0.15) is 29.8 Å². The maximum absolute atomic E-state index is 13.3. The van der Waals surface area contributed by atoms with Crippen molar-refractivity contribution in [1.82, 2.24) is 0 Å². The Kier molecular flexibility index (Phi) is 8.75. The third-order valence-corrected chi connectivity index (χ3v) is 7.35. The molecule has 202 valence electrons. The van der Waals surface area contributed by atoms with Crippen molar-refractivity contribution in [3.63, 3.8) is 0 Å². The van der Waals surface area contributed by atoms with Crippen molar-refractivity contribution in [2.45, 2.75) is 25.7 Å². The van der Waals surface area contributed by atoms with Gasteiger partial charge in [-0.05, 0) is 51.1 Å². The van der Waals surface area contributed by atoms with Gasteiger partial charge in [-0.1, -0.05) is 23.8 Å². The number of hydrogen-bond donors (Lipinski definition) is 2. The quantitative estimate of drug-likeness (QED) is 0.385. The minimum Gasteiger partial charge on any atom is -0.492 e. The zero-order valence-electron chi connectivity index (χ0n) is 21.8. The Morgan fingerprint density at radius 2 is 1.63 bits per heavy atom. The van der Waals surface area contributed by atoms with E-state index in [0.717, 1.165) is 24.3 Å². The Balaban J connectivity index is 1.60. The third kappa shape index (κ3) is 6.56. The smallest absolute Gasteiger partial charge is 0.261 e. The topological polar surface area (TPSA) is 106 Å². The molecule has 3 aromatic rings. The van der Waals surface area contributed by atoms with Crippen molar-refractivity contribution in [1.29, 1.82) is 0 Å². The summed E-state index contributed by atoms with van der Waals surface area (Å²) in [7, 11) is -3.89. The second-order valence-electron chi connectivity index (χ2n) is 8.74. The molecule has 0 aromatic heterocycles. The molecule has 0 spiro atoms. The number of carbonyl (C=O) groups excluding carboxylic acids is 1. The number of amides is 1. The van der Waals surface area contributed by atoms with E-state index in [2.05, 4.69) is 14.9 Å². The number of carbonyl (C=O) groups is 1. The first kappa shape index (κ1) is 27.3. The SMILES string of the molecule is CCOc1cc(N2CCOCC2)c(OCC)cc1NC(=O)c1cccc(S(=O)(=O)Nc2ccc(C)cc2)c1. The third-order valence-electron chi connectivity index (χ3n) is 5.97. The minimum atomic E-state index is -3.89. The van der Waals surface area contributed by atoms with Gasteiger partial charge in [0.1, 0.15) is 11.5 Å². The number of nitrogens with zero attached hydrogens (tertiary/aromatic N) is 1. The number of rotatable bonds is 10. The molecule has 0 saturated carbocycles. The molecule has 1 saturated heterocycles. The molecular formula is C28H33N3O6S. The molecule has 2 N–H and O–H groups in total. The number of sulfonamides is 1. The first-order valence-electron chi connectivity index (χ1n) is 12.6. The Morgan fingerprint density at radius 1 is 0.947 bits per heavy atom. The number of ether oxygens (including phenoxy) is 3. The van der Waals surface area contributed by atoms with Crippen LogP contribution in [-0.2, 0) is 14.8 Å². The van der Waals surface area contributed by atoms with Crippen LogP contribution in [0.2, 0.25) is 0 Å². The monoisotopic (exact) mass is 539 g/mol. The fourth-order valence-electron chi connectivity index (χ4n) is 4.08. The van der Waals surface area contributed by atoms with E-state index in [1.807, 2.05) is 39.0 Å². The molecule has 10 heteroatoms. The molecule has 0 bridgehead atoms. The van der Waals surface area contributed by atoms with Crippen molar-refractivity contribution < 1.29 is 27.4 Å². The standard InChI is InChI=1S/C28H33N3O6S/c1-4-36-26-19-25(31-13-15-35-16-14-31)27(37-5-2)18-24(26)29-28(32)21-7-6-8-23(17-21)38(33,34)30-22-11-9-20(3)10-12-22/h6-12,17-19,30H,4-5,13-16H2,1-3H3,(H,29,32). The molecule has 1 fully saturated rings. The number of hydrogen-bond acceptors (Lipinski definition) is 7. The van der Waals surface area contributed by atoms with E-state index in [4.69, 9.17) is 14.2 Å². The first-order chi connectivity index (χ1) is 18.3. The Morgan fingerprint density at radius 3 is 2.32 bits per heavy atom. The molecule has 0 aliphatic carbocycles.